The van der Waals surface area contributed by atoms with Gasteiger partial charge in [-0.3, -0.25) is 0 Å². The molecule has 0 spiro atoms. The van der Waals surface area contributed by atoms with Gasteiger partial charge in [-0.25, -0.2) is 9.48 Å². The van der Waals surface area contributed by atoms with Crippen molar-refractivity contribution in [2.24, 2.45) is 7.05 Å². The van der Waals surface area contributed by atoms with Crippen molar-refractivity contribution in [1.82, 2.24) is 9.78 Å². The summed E-state index contributed by atoms with van der Waals surface area (Å²) in [5.41, 5.74) is 3.54. The van der Waals surface area contributed by atoms with Crippen LogP contribution in [-0.2, 0) is 27.9 Å². The summed E-state index contributed by atoms with van der Waals surface area (Å²) < 4.78 is 17.6. The zero-order chi connectivity index (χ0) is 20.8. The van der Waals surface area contributed by atoms with E-state index < -0.39 is 5.97 Å². The number of halogens is 1. The van der Waals surface area contributed by atoms with Crippen LogP contribution >= 0.6 is 11.6 Å². The summed E-state index contributed by atoms with van der Waals surface area (Å²) in [6.45, 7) is 0.244. The van der Waals surface area contributed by atoms with Gasteiger partial charge in [-0.15, -0.1) is 0 Å². The molecule has 0 amide bonds. The number of methoxy groups -OCH3 is 2. The number of hydrogen-bond acceptors (Lipinski definition) is 5. The smallest absolute Gasteiger partial charge is 0.341 e. The fourth-order valence-corrected chi connectivity index (χ4v) is 2.98. The normalized spacial score (nSPS) is 11.2. The molecule has 6 nitrogen and oxygen atoms in total. The van der Waals surface area contributed by atoms with E-state index in [1.54, 1.807) is 4.68 Å². The summed E-state index contributed by atoms with van der Waals surface area (Å²) >= 11 is 5.95. The Morgan fingerprint density at radius 3 is 2.55 bits per heavy atom. The third-order valence-corrected chi connectivity index (χ3v) is 4.55. The highest BCUT2D eigenvalue weighted by Crippen LogP contribution is 2.26. The Bertz CT molecular complexity index is 1030. The molecule has 0 saturated carbocycles. The molecular formula is C22H21ClN2O4. The lowest BCUT2D eigenvalue weighted by molar-refractivity contribution is -0.133. The van der Waals surface area contributed by atoms with Gasteiger partial charge in [0.1, 0.15) is 12.2 Å². The molecular weight excluding hydrogens is 392 g/mol. The lowest BCUT2D eigenvalue weighted by atomic mass is 10.0. The summed E-state index contributed by atoms with van der Waals surface area (Å²) in [4.78, 5) is 12.1. The minimum atomic E-state index is -0.482. The lowest BCUT2D eigenvalue weighted by Gasteiger charge is -2.12. The van der Waals surface area contributed by atoms with E-state index in [1.165, 1.54) is 20.5 Å². The fourth-order valence-electron chi connectivity index (χ4n) is 2.86. The van der Waals surface area contributed by atoms with E-state index in [-0.39, 0.29) is 6.61 Å². The predicted molar refractivity (Wildman–Crippen MR) is 111 cm³/mol. The van der Waals surface area contributed by atoms with Gasteiger partial charge in [0, 0.05) is 23.7 Å². The summed E-state index contributed by atoms with van der Waals surface area (Å²) in [5, 5.41) is 5.16. The van der Waals surface area contributed by atoms with Crippen LogP contribution in [0.25, 0.3) is 16.8 Å². The molecule has 7 heteroatoms. The van der Waals surface area contributed by atoms with Gasteiger partial charge in [-0.05, 0) is 23.3 Å². The van der Waals surface area contributed by atoms with Crippen molar-refractivity contribution in [2.45, 2.75) is 6.61 Å². The molecule has 1 aromatic heterocycles. The van der Waals surface area contributed by atoms with Gasteiger partial charge in [0.05, 0.1) is 26.2 Å². The van der Waals surface area contributed by atoms with E-state index in [0.29, 0.717) is 22.0 Å². The molecule has 3 aromatic rings. The summed E-state index contributed by atoms with van der Waals surface area (Å²) in [6.07, 6.45) is 1.37. The molecule has 0 fully saturated rings. The molecule has 150 valence electrons. The first-order valence-corrected chi connectivity index (χ1v) is 9.23. The zero-order valence-corrected chi connectivity index (χ0v) is 17.1. The van der Waals surface area contributed by atoms with Gasteiger partial charge in [-0.1, -0.05) is 48.0 Å². The summed E-state index contributed by atoms with van der Waals surface area (Å²) in [5.74, 6) is 0.116. The number of hydrogen-bond donors (Lipinski definition) is 0. The molecule has 0 N–H and O–H groups in total. The zero-order valence-electron chi connectivity index (χ0n) is 16.4. The first kappa shape index (κ1) is 20.5. The van der Waals surface area contributed by atoms with E-state index in [0.717, 1.165) is 16.8 Å². The van der Waals surface area contributed by atoms with E-state index >= 15 is 0 Å². The van der Waals surface area contributed by atoms with Crippen LogP contribution in [0.2, 0.25) is 5.02 Å². The molecule has 3 rings (SSSR count). The molecule has 0 aliphatic carbocycles. The van der Waals surface area contributed by atoms with Gasteiger partial charge in [0.2, 0.25) is 5.88 Å². The van der Waals surface area contributed by atoms with Crippen LogP contribution in [0.3, 0.4) is 0 Å². The van der Waals surface area contributed by atoms with Crippen molar-refractivity contribution in [3.8, 4) is 17.1 Å². The average Bonchev–Trinajstić information content (AvgIpc) is 3.11. The third kappa shape index (κ3) is 4.78. The summed E-state index contributed by atoms with van der Waals surface area (Å²) in [6, 6.07) is 16.7. The van der Waals surface area contributed by atoms with Crippen LogP contribution in [-0.4, -0.2) is 30.0 Å². The van der Waals surface area contributed by atoms with Gasteiger partial charge in [0.25, 0.3) is 0 Å². The van der Waals surface area contributed by atoms with Crippen LogP contribution in [0, 0.1) is 0 Å². The van der Waals surface area contributed by atoms with Gasteiger partial charge < -0.3 is 14.2 Å². The molecule has 1 heterocycles. The topological polar surface area (TPSA) is 62.6 Å². The SMILES string of the molecule is CO/C=C(\C(=O)OC)c1ccccc1COc1cc(-c2ccc(Cl)cc2)nn1C. The maximum Gasteiger partial charge on any atom is 0.341 e. The number of ether oxygens (including phenoxy) is 3. The standard InChI is InChI=1S/C22H21ClN2O4/c1-25-21(12-20(24-25)15-8-10-17(23)11-9-15)29-13-16-6-4-5-7-18(16)19(14-27-2)22(26)28-3/h4-12,14H,13H2,1-3H3/b19-14-. The highest BCUT2D eigenvalue weighted by atomic mass is 35.5. The first-order chi connectivity index (χ1) is 14.0. The average molecular weight is 413 g/mol. The second kappa shape index (κ2) is 9.30. The number of esters is 1. The number of rotatable bonds is 7. The van der Waals surface area contributed by atoms with Crippen molar-refractivity contribution in [3.63, 3.8) is 0 Å². The number of nitrogens with zero attached hydrogens (tertiary/aromatic N) is 2. The Morgan fingerprint density at radius 1 is 1.14 bits per heavy atom. The third-order valence-electron chi connectivity index (χ3n) is 4.30. The molecule has 0 bridgehead atoms. The maximum absolute atomic E-state index is 12.1. The van der Waals surface area contributed by atoms with Gasteiger partial charge >= 0.3 is 5.97 Å². The Morgan fingerprint density at radius 2 is 1.86 bits per heavy atom. The largest absolute Gasteiger partial charge is 0.503 e. The van der Waals surface area contributed by atoms with Crippen molar-refractivity contribution in [3.05, 3.63) is 77.0 Å². The minimum absolute atomic E-state index is 0.244. The molecule has 0 unspecified atom stereocenters. The molecule has 0 radical (unpaired) electrons. The summed E-state index contributed by atoms with van der Waals surface area (Å²) in [7, 11) is 4.63. The number of carbonyl (C=O) groups is 1. The molecule has 2 aromatic carbocycles. The fraction of sp³-hybridized carbons (Fsp3) is 0.182. The molecule has 0 saturated heterocycles. The number of aromatic nitrogens is 2. The first-order valence-electron chi connectivity index (χ1n) is 8.85. The number of carbonyl (C=O) groups excluding carboxylic acids is 1. The van der Waals surface area contributed by atoms with Crippen molar-refractivity contribution in [1.29, 1.82) is 0 Å². The van der Waals surface area contributed by atoms with Crippen LogP contribution in [0.5, 0.6) is 5.88 Å². The lowest BCUT2D eigenvalue weighted by Crippen LogP contribution is -2.09. The van der Waals surface area contributed by atoms with E-state index in [1.807, 2.05) is 61.6 Å². The highest BCUT2D eigenvalue weighted by molar-refractivity contribution is 6.30. The van der Waals surface area contributed by atoms with Crippen LogP contribution in [0.15, 0.2) is 60.9 Å². The molecule has 0 atom stereocenters. The second-order valence-corrected chi connectivity index (χ2v) is 6.64. The van der Waals surface area contributed by atoms with Crippen LogP contribution in [0.4, 0.5) is 0 Å². The Kier molecular flexibility index (Phi) is 6.57. The monoisotopic (exact) mass is 412 g/mol. The molecule has 0 aliphatic rings. The second-order valence-electron chi connectivity index (χ2n) is 6.20. The Hall–Kier alpha value is -3.25. The Labute approximate surface area is 174 Å². The number of aryl methyl sites for hydroxylation is 1. The maximum atomic E-state index is 12.1. The van der Waals surface area contributed by atoms with E-state index in [4.69, 9.17) is 25.8 Å². The van der Waals surface area contributed by atoms with Crippen molar-refractivity contribution in [2.75, 3.05) is 14.2 Å². The number of benzene rings is 2. The minimum Gasteiger partial charge on any atom is -0.503 e. The predicted octanol–water partition coefficient (Wildman–Crippen LogP) is 4.48. The highest BCUT2D eigenvalue weighted by Gasteiger charge is 2.17. The van der Waals surface area contributed by atoms with E-state index in [9.17, 15) is 4.79 Å². The van der Waals surface area contributed by atoms with Crippen molar-refractivity contribution < 1.29 is 19.0 Å². The van der Waals surface area contributed by atoms with E-state index in [2.05, 4.69) is 5.10 Å². The van der Waals surface area contributed by atoms with Crippen molar-refractivity contribution >= 4 is 23.1 Å². The molecule has 0 aliphatic heterocycles. The Balaban J connectivity index is 1.83. The van der Waals surface area contributed by atoms with Crippen LogP contribution in [0.1, 0.15) is 11.1 Å². The van der Waals surface area contributed by atoms with Gasteiger partial charge in [-0.2, -0.15) is 5.10 Å². The molecule has 29 heavy (non-hydrogen) atoms. The van der Waals surface area contributed by atoms with Crippen LogP contribution < -0.4 is 4.74 Å². The quantitative estimate of drug-likeness (QED) is 0.325. The van der Waals surface area contributed by atoms with Gasteiger partial charge in [0.15, 0.2) is 0 Å².